The molecule has 0 bridgehead atoms. The van der Waals surface area contributed by atoms with Crippen LogP contribution in [0.2, 0.25) is 0 Å². The minimum absolute atomic E-state index is 0.0908. The average molecular weight is 275 g/mol. The second-order valence-corrected chi connectivity index (χ2v) is 5.28. The van der Waals surface area contributed by atoms with Gasteiger partial charge in [-0.25, -0.2) is 8.78 Å². The third kappa shape index (κ3) is 2.82. The maximum absolute atomic E-state index is 13.7. The molecule has 1 atom stereocenters. The molecule has 1 unspecified atom stereocenters. The third-order valence-corrected chi connectivity index (χ3v) is 3.49. The van der Waals surface area contributed by atoms with Gasteiger partial charge in [0.15, 0.2) is 11.6 Å². The van der Waals surface area contributed by atoms with Crippen LogP contribution < -0.4 is 5.32 Å². The van der Waals surface area contributed by atoms with E-state index in [4.69, 9.17) is 0 Å². The summed E-state index contributed by atoms with van der Waals surface area (Å²) in [6.45, 7) is 8.08. The van der Waals surface area contributed by atoms with Crippen molar-refractivity contribution >= 4 is 5.69 Å². The number of halogens is 2. The fourth-order valence-electron chi connectivity index (χ4n) is 2.79. The van der Waals surface area contributed by atoms with E-state index in [0.29, 0.717) is 0 Å². The summed E-state index contributed by atoms with van der Waals surface area (Å²) in [7, 11) is 0. The molecule has 0 spiro atoms. The molecule has 0 radical (unpaired) electrons. The van der Waals surface area contributed by atoms with Gasteiger partial charge in [-0.05, 0) is 56.5 Å². The molecular formula is C17H19F2N. The lowest BCUT2D eigenvalue weighted by Crippen LogP contribution is -2.11. The molecule has 0 aromatic heterocycles. The zero-order valence-corrected chi connectivity index (χ0v) is 12.2. The molecule has 20 heavy (non-hydrogen) atoms. The summed E-state index contributed by atoms with van der Waals surface area (Å²) in [5, 5.41) is 3.05. The zero-order valence-electron chi connectivity index (χ0n) is 12.2. The van der Waals surface area contributed by atoms with Crippen molar-refractivity contribution in [2.75, 3.05) is 5.32 Å². The van der Waals surface area contributed by atoms with E-state index < -0.39 is 11.6 Å². The van der Waals surface area contributed by atoms with Crippen molar-refractivity contribution in [1.29, 1.82) is 0 Å². The number of rotatable bonds is 3. The zero-order chi connectivity index (χ0) is 14.9. The van der Waals surface area contributed by atoms with Crippen molar-refractivity contribution in [2.45, 2.75) is 33.7 Å². The van der Waals surface area contributed by atoms with Crippen molar-refractivity contribution in [2.24, 2.45) is 0 Å². The first-order chi connectivity index (χ1) is 9.40. The first-order valence-electron chi connectivity index (χ1n) is 6.68. The largest absolute Gasteiger partial charge is 0.376 e. The summed E-state index contributed by atoms with van der Waals surface area (Å²) in [5.41, 5.74) is 4.82. The van der Waals surface area contributed by atoms with E-state index in [9.17, 15) is 8.78 Å². The molecule has 0 aliphatic rings. The van der Waals surface area contributed by atoms with E-state index in [1.54, 1.807) is 6.07 Å². The third-order valence-electron chi connectivity index (χ3n) is 3.49. The van der Waals surface area contributed by atoms with Gasteiger partial charge >= 0.3 is 0 Å². The molecule has 106 valence electrons. The summed E-state index contributed by atoms with van der Waals surface area (Å²) >= 11 is 0. The Bertz CT molecular complexity index is 612. The molecule has 3 heteroatoms. The monoisotopic (exact) mass is 275 g/mol. The summed E-state index contributed by atoms with van der Waals surface area (Å²) in [6, 6.07) is 8.28. The number of anilines is 1. The highest BCUT2D eigenvalue weighted by atomic mass is 19.2. The standard InChI is InChI=1S/C17H19F2N/c1-10-8-11(2)16(12(3)9-10)13(4)20-15-7-5-6-14(18)17(15)19/h5-9,13,20H,1-4H3. The number of benzene rings is 2. The highest BCUT2D eigenvalue weighted by molar-refractivity contribution is 5.49. The minimum Gasteiger partial charge on any atom is -0.376 e. The molecule has 2 aromatic carbocycles. The molecule has 1 nitrogen and oxygen atoms in total. The van der Waals surface area contributed by atoms with Crippen LogP contribution in [0, 0.1) is 32.4 Å². The molecule has 0 saturated heterocycles. The van der Waals surface area contributed by atoms with E-state index in [1.807, 2.05) is 27.7 Å². The smallest absolute Gasteiger partial charge is 0.181 e. The molecule has 0 amide bonds. The predicted molar refractivity (Wildman–Crippen MR) is 79.0 cm³/mol. The lowest BCUT2D eigenvalue weighted by molar-refractivity contribution is 0.510. The van der Waals surface area contributed by atoms with Gasteiger partial charge in [0, 0.05) is 6.04 Å². The van der Waals surface area contributed by atoms with Crippen molar-refractivity contribution in [1.82, 2.24) is 0 Å². The number of hydrogen-bond donors (Lipinski definition) is 1. The lowest BCUT2D eigenvalue weighted by Gasteiger charge is -2.21. The Hall–Kier alpha value is -1.90. The van der Waals surface area contributed by atoms with Gasteiger partial charge in [-0.3, -0.25) is 0 Å². The van der Waals surface area contributed by atoms with Crippen molar-refractivity contribution in [3.63, 3.8) is 0 Å². The maximum Gasteiger partial charge on any atom is 0.181 e. The molecule has 1 N–H and O–H groups in total. The van der Waals surface area contributed by atoms with Crippen LogP contribution >= 0.6 is 0 Å². The van der Waals surface area contributed by atoms with Crippen molar-refractivity contribution < 1.29 is 8.78 Å². The first-order valence-corrected chi connectivity index (χ1v) is 6.68. The number of hydrogen-bond acceptors (Lipinski definition) is 1. The van der Waals surface area contributed by atoms with Gasteiger partial charge in [0.05, 0.1) is 5.69 Å². The van der Waals surface area contributed by atoms with Crippen LogP contribution in [0.4, 0.5) is 14.5 Å². The summed E-state index contributed by atoms with van der Waals surface area (Å²) in [6.07, 6.45) is 0. The van der Waals surface area contributed by atoms with Crippen molar-refractivity contribution in [3.05, 3.63) is 64.2 Å². The van der Waals surface area contributed by atoms with Crippen LogP contribution in [0.1, 0.15) is 35.2 Å². The Morgan fingerprint density at radius 1 is 1.00 bits per heavy atom. The molecule has 0 fully saturated rings. The molecule has 2 rings (SSSR count). The van der Waals surface area contributed by atoms with Gasteiger partial charge in [0.25, 0.3) is 0 Å². The second-order valence-electron chi connectivity index (χ2n) is 5.28. The molecule has 2 aromatic rings. The van der Waals surface area contributed by atoms with Crippen LogP contribution in [0.25, 0.3) is 0 Å². The second kappa shape index (κ2) is 5.61. The average Bonchev–Trinajstić information content (AvgIpc) is 2.33. The lowest BCUT2D eigenvalue weighted by atomic mass is 9.95. The summed E-state index contributed by atoms with van der Waals surface area (Å²) in [5.74, 6) is -1.67. The van der Waals surface area contributed by atoms with E-state index >= 15 is 0 Å². The topological polar surface area (TPSA) is 12.0 Å². The van der Waals surface area contributed by atoms with Crippen molar-refractivity contribution in [3.8, 4) is 0 Å². The first kappa shape index (κ1) is 14.5. The van der Waals surface area contributed by atoms with Crippen LogP contribution in [0.3, 0.4) is 0 Å². The normalized spacial score (nSPS) is 12.3. The van der Waals surface area contributed by atoms with Crippen LogP contribution in [0.5, 0.6) is 0 Å². The Balaban J connectivity index is 2.33. The van der Waals surface area contributed by atoms with E-state index in [2.05, 4.69) is 17.4 Å². The number of nitrogens with one attached hydrogen (secondary N) is 1. The van der Waals surface area contributed by atoms with Gasteiger partial charge in [-0.2, -0.15) is 0 Å². The van der Waals surface area contributed by atoms with Crippen LogP contribution in [0.15, 0.2) is 30.3 Å². The molecule has 0 aliphatic heterocycles. The Morgan fingerprint density at radius 3 is 2.20 bits per heavy atom. The summed E-state index contributed by atoms with van der Waals surface area (Å²) in [4.78, 5) is 0. The van der Waals surface area contributed by atoms with Gasteiger partial charge in [0.1, 0.15) is 0 Å². The van der Waals surface area contributed by atoms with Crippen LogP contribution in [-0.4, -0.2) is 0 Å². The van der Waals surface area contributed by atoms with E-state index in [-0.39, 0.29) is 11.7 Å². The minimum atomic E-state index is -0.834. The van der Waals surface area contributed by atoms with E-state index in [0.717, 1.165) is 22.8 Å². The summed E-state index contributed by atoms with van der Waals surface area (Å²) < 4.78 is 26.9. The SMILES string of the molecule is Cc1cc(C)c(C(C)Nc2cccc(F)c2F)c(C)c1. The fourth-order valence-corrected chi connectivity index (χ4v) is 2.79. The number of aryl methyl sites for hydroxylation is 3. The Kier molecular flexibility index (Phi) is 4.07. The molecular weight excluding hydrogens is 256 g/mol. The highest BCUT2D eigenvalue weighted by Crippen LogP contribution is 2.28. The maximum atomic E-state index is 13.7. The van der Waals surface area contributed by atoms with Gasteiger partial charge in [-0.1, -0.05) is 23.8 Å². The van der Waals surface area contributed by atoms with Gasteiger partial charge in [-0.15, -0.1) is 0 Å². The van der Waals surface area contributed by atoms with Gasteiger partial charge in [0.2, 0.25) is 0 Å². The quantitative estimate of drug-likeness (QED) is 0.825. The van der Waals surface area contributed by atoms with Gasteiger partial charge < -0.3 is 5.32 Å². The Morgan fingerprint density at radius 2 is 1.60 bits per heavy atom. The highest BCUT2D eigenvalue weighted by Gasteiger charge is 2.15. The molecule has 0 heterocycles. The van der Waals surface area contributed by atoms with Crippen LogP contribution in [-0.2, 0) is 0 Å². The predicted octanol–water partition coefficient (Wildman–Crippen LogP) is 5.06. The molecule has 0 saturated carbocycles. The molecule has 0 aliphatic carbocycles. The fraction of sp³-hybridized carbons (Fsp3) is 0.294. The Labute approximate surface area is 118 Å². The van der Waals surface area contributed by atoms with E-state index in [1.165, 1.54) is 11.6 Å².